The van der Waals surface area contributed by atoms with Crippen LogP contribution in [0.3, 0.4) is 0 Å². The van der Waals surface area contributed by atoms with Gasteiger partial charge in [-0.2, -0.15) is 15.4 Å². The summed E-state index contributed by atoms with van der Waals surface area (Å²) in [6, 6.07) is 9.62. The number of sulfone groups is 1. The molecule has 3 aromatic rings. The summed E-state index contributed by atoms with van der Waals surface area (Å²) in [5, 5.41) is 10.8. The average molecular weight is 504 g/mol. The lowest BCUT2D eigenvalue weighted by atomic mass is 10.0. The zero-order chi connectivity index (χ0) is 24.0. The van der Waals surface area contributed by atoms with E-state index in [9.17, 15) is 18.0 Å². The molecule has 0 saturated carbocycles. The van der Waals surface area contributed by atoms with Crippen molar-refractivity contribution in [2.24, 2.45) is 11.8 Å². The Morgan fingerprint density at radius 3 is 2.41 bits per heavy atom. The smallest absolute Gasteiger partial charge is 0.410 e. The lowest BCUT2D eigenvalue weighted by molar-refractivity contribution is 0.0764. The van der Waals surface area contributed by atoms with Gasteiger partial charge in [0.1, 0.15) is 17.6 Å². The fourth-order valence-electron chi connectivity index (χ4n) is 4.62. The first-order valence-electron chi connectivity index (χ1n) is 10.7. The molecule has 0 aliphatic carbocycles. The maximum absolute atomic E-state index is 13.0. The highest BCUT2D eigenvalue weighted by atomic mass is 35.5. The summed E-state index contributed by atoms with van der Waals surface area (Å²) in [7, 11) is -3.43. The number of halogens is 1. The van der Waals surface area contributed by atoms with E-state index in [1.165, 1.54) is 12.1 Å². The summed E-state index contributed by atoms with van der Waals surface area (Å²) in [5.41, 5.74) is 2.41. The van der Waals surface area contributed by atoms with Gasteiger partial charge >= 0.3 is 6.09 Å². The molecule has 3 heterocycles. The SMILES string of the molecule is CS(=O)(=O)c1cc(Cl)cc(COC(=O)N2C[C@@H]3CN(C(=O)c4ccc5n[nH]nc5c4)C[C@H]3C2)c1. The number of fused-ring (bicyclic) bond motifs is 2. The zero-order valence-electron chi connectivity index (χ0n) is 18.3. The van der Waals surface area contributed by atoms with E-state index in [1.54, 1.807) is 29.2 Å². The number of carbonyl (C=O) groups excluding carboxylic acids is 2. The largest absolute Gasteiger partial charge is 0.445 e. The number of hydrogen-bond acceptors (Lipinski definition) is 7. The van der Waals surface area contributed by atoms with Crippen LogP contribution in [0.1, 0.15) is 15.9 Å². The van der Waals surface area contributed by atoms with Crippen LogP contribution in [0.2, 0.25) is 5.02 Å². The Bertz CT molecular complexity index is 1380. The molecular formula is C22H22ClN5O5S. The first kappa shape index (κ1) is 22.6. The fraction of sp³-hybridized carbons (Fsp3) is 0.364. The van der Waals surface area contributed by atoms with E-state index in [1.807, 2.05) is 4.90 Å². The maximum Gasteiger partial charge on any atom is 0.410 e. The van der Waals surface area contributed by atoms with Crippen LogP contribution < -0.4 is 0 Å². The Labute approximate surface area is 200 Å². The third kappa shape index (κ3) is 4.45. The summed E-state index contributed by atoms with van der Waals surface area (Å²) in [6.07, 6.45) is 0.627. The van der Waals surface area contributed by atoms with Gasteiger partial charge in [0, 0.05) is 54.9 Å². The highest BCUT2D eigenvalue weighted by Gasteiger charge is 2.43. The predicted molar refractivity (Wildman–Crippen MR) is 123 cm³/mol. The molecule has 0 bridgehead atoms. The number of hydrogen-bond donors (Lipinski definition) is 1. The van der Waals surface area contributed by atoms with Crippen LogP contribution >= 0.6 is 11.6 Å². The first-order valence-corrected chi connectivity index (χ1v) is 13.0. The number of ether oxygens (including phenoxy) is 1. The molecule has 1 aromatic heterocycles. The van der Waals surface area contributed by atoms with Crippen LogP contribution in [-0.2, 0) is 21.2 Å². The molecule has 34 heavy (non-hydrogen) atoms. The monoisotopic (exact) mass is 503 g/mol. The number of aromatic amines is 1. The van der Waals surface area contributed by atoms with Gasteiger partial charge in [0.25, 0.3) is 5.91 Å². The van der Waals surface area contributed by atoms with E-state index < -0.39 is 15.9 Å². The molecule has 0 unspecified atom stereocenters. The number of amides is 2. The number of nitrogens with one attached hydrogen (secondary N) is 1. The minimum absolute atomic E-state index is 0.0592. The topological polar surface area (TPSA) is 126 Å². The summed E-state index contributed by atoms with van der Waals surface area (Å²) in [6.45, 7) is 2.05. The molecule has 2 aliphatic heterocycles. The number of likely N-dealkylation sites (tertiary alicyclic amines) is 2. The molecule has 0 radical (unpaired) electrons. The van der Waals surface area contributed by atoms with Gasteiger partial charge in [0.2, 0.25) is 0 Å². The van der Waals surface area contributed by atoms with Gasteiger partial charge in [-0.25, -0.2) is 13.2 Å². The van der Waals surface area contributed by atoms with E-state index in [0.717, 1.165) is 6.26 Å². The predicted octanol–water partition coefficient (Wildman–Crippen LogP) is 2.36. The van der Waals surface area contributed by atoms with Crippen LogP contribution in [0.25, 0.3) is 11.0 Å². The number of carbonyl (C=O) groups is 2. The van der Waals surface area contributed by atoms with Crippen LogP contribution in [0.4, 0.5) is 4.79 Å². The van der Waals surface area contributed by atoms with Crippen molar-refractivity contribution in [2.45, 2.75) is 11.5 Å². The number of rotatable bonds is 4. The lowest BCUT2D eigenvalue weighted by Crippen LogP contribution is -2.35. The molecule has 12 heteroatoms. The van der Waals surface area contributed by atoms with Gasteiger partial charge < -0.3 is 14.5 Å². The highest BCUT2D eigenvalue weighted by molar-refractivity contribution is 7.90. The molecule has 2 fully saturated rings. The van der Waals surface area contributed by atoms with E-state index in [2.05, 4.69) is 15.4 Å². The summed E-state index contributed by atoms with van der Waals surface area (Å²) in [4.78, 5) is 29.1. The average Bonchev–Trinajstić information content (AvgIpc) is 3.50. The molecule has 2 amide bonds. The Morgan fingerprint density at radius 2 is 1.71 bits per heavy atom. The van der Waals surface area contributed by atoms with Gasteiger partial charge in [-0.3, -0.25) is 4.79 Å². The van der Waals surface area contributed by atoms with Crippen molar-refractivity contribution in [2.75, 3.05) is 32.4 Å². The normalized spacial score (nSPS) is 20.1. The Kier molecular flexibility index (Phi) is 5.68. The lowest BCUT2D eigenvalue weighted by Gasteiger charge is -2.21. The van der Waals surface area contributed by atoms with Gasteiger partial charge in [0.05, 0.1) is 4.90 Å². The zero-order valence-corrected chi connectivity index (χ0v) is 19.8. The van der Waals surface area contributed by atoms with Gasteiger partial charge in [-0.15, -0.1) is 0 Å². The maximum atomic E-state index is 13.0. The minimum atomic E-state index is -3.43. The van der Waals surface area contributed by atoms with Crippen LogP contribution in [0, 0.1) is 11.8 Å². The molecule has 2 atom stereocenters. The number of nitrogens with zero attached hydrogens (tertiary/aromatic N) is 4. The minimum Gasteiger partial charge on any atom is -0.445 e. The molecule has 178 valence electrons. The van der Waals surface area contributed by atoms with Crippen molar-refractivity contribution in [3.63, 3.8) is 0 Å². The Morgan fingerprint density at radius 1 is 1.03 bits per heavy atom. The van der Waals surface area contributed by atoms with E-state index in [-0.39, 0.29) is 34.3 Å². The Hall–Kier alpha value is -3.18. The van der Waals surface area contributed by atoms with Crippen molar-refractivity contribution in [3.05, 3.63) is 52.5 Å². The van der Waals surface area contributed by atoms with Crippen molar-refractivity contribution in [3.8, 4) is 0 Å². The van der Waals surface area contributed by atoms with Crippen LogP contribution in [0.5, 0.6) is 0 Å². The van der Waals surface area contributed by atoms with E-state index in [4.69, 9.17) is 16.3 Å². The molecule has 5 rings (SSSR count). The molecule has 2 aliphatic rings. The highest BCUT2D eigenvalue weighted by Crippen LogP contribution is 2.32. The molecule has 1 N–H and O–H groups in total. The quantitative estimate of drug-likeness (QED) is 0.579. The Balaban J connectivity index is 1.17. The summed E-state index contributed by atoms with van der Waals surface area (Å²) >= 11 is 6.01. The second-order valence-corrected chi connectivity index (χ2v) is 11.2. The molecule has 10 nitrogen and oxygen atoms in total. The summed E-state index contributed by atoms with van der Waals surface area (Å²) < 4.78 is 29.0. The van der Waals surface area contributed by atoms with Crippen molar-refractivity contribution >= 4 is 44.5 Å². The first-order chi connectivity index (χ1) is 16.2. The van der Waals surface area contributed by atoms with Gasteiger partial charge in [-0.05, 0) is 42.0 Å². The van der Waals surface area contributed by atoms with Crippen molar-refractivity contribution in [1.29, 1.82) is 0 Å². The van der Waals surface area contributed by atoms with Crippen molar-refractivity contribution in [1.82, 2.24) is 25.2 Å². The fourth-order valence-corrected chi connectivity index (χ4v) is 5.65. The number of aromatic nitrogens is 3. The third-order valence-electron chi connectivity index (χ3n) is 6.32. The third-order valence-corrected chi connectivity index (χ3v) is 7.63. The summed E-state index contributed by atoms with van der Waals surface area (Å²) in [5.74, 6) is 0.293. The van der Waals surface area contributed by atoms with E-state index in [0.29, 0.717) is 48.3 Å². The molecule has 2 saturated heterocycles. The number of H-pyrrole nitrogens is 1. The second-order valence-electron chi connectivity index (χ2n) is 8.78. The van der Waals surface area contributed by atoms with Crippen molar-refractivity contribution < 1.29 is 22.7 Å². The second kappa shape index (κ2) is 8.55. The van der Waals surface area contributed by atoms with E-state index >= 15 is 0 Å². The molecular weight excluding hydrogens is 482 g/mol. The standard InChI is InChI=1S/C22H22ClN5O5S/c1-34(31,32)18-5-13(4-17(23)7-18)12-33-22(30)28-10-15-8-27(9-16(15)11-28)21(29)14-2-3-19-20(6-14)25-26-24-19/h2-7,15-16H,8-12H2,1H3,(H,24,25,26)/t15-,16-/m0/s1. The van der Waals surface area contributed by atoms with Gasteiger partial charge in [0.15, 0.2) is 9.84 Å². The van der Waals surface area contributed by atoms with Gasteiger partial charge in [-0.1, -0.05) is 11.6 Å². The number of benzene rings is 2. The molecule has 2 aromatic carbocycles. The van der Waals surface area contributed by atoms with Crippen LogP contribution in [-0.4, -0.2) is 78.1 Å². The van der Waals surface area contributed by atoms with Crippen LogP contribution in [0.15, 0.2) is 41.3 Å². The molecule has 0 spiro atoms.